The van der Waals surface area contributed by atoms with Crippen molar-refractivity contribution in [1.82, 2.24) is 0 Å². The number of rotatable bonds is 4. The Kier molecular flexibility index (Phi) is 3.64. The second kappa shape index (κ2) is 5.19. The number of primary amides is 1. The maximum Gasteiger partial charge on any atom is 0.221 e. The van der Waals surface area contributed by atoms with E-state index in [-0.39, 0.29) is 5.91 Å². The topological polar surface area (TPSA) is 81.1 Å². The lowest BCUT2D eigenvalue weighted by Gasteiger charge is -2.14. The molecule has 4 heteroatoms. The molecule has 4 nitrogen and oxygen atoms in total. The van der Waals surface area contributed by atoms with Crippen LogP contribution in [0.4, 0.5) is 5.69 Å². The van der Waals surface area contributed by atoms with Crippen molar-refractivity contribution < 1.29 is 4.79 Å². The average Bonchev–Trinajstić information content (AvgIpc) is 2.66. The first kappa shape index (κ1) is 11.9. The molecular weight excluding hydrogens is 214 g/mol. The molecule has 1 amide bonds. The Labute approximate surface area is 101 Å². The largest absolute Gasteiger partial charge is 0.382 e. The molecule has 0 bridgehead atoms. The van der Waals surface area contributed by atoms with E-state index in [0.717, 1.165) is 30.5 Å². The van der Waals surface area contributed by atoms with Crippen molar-refractivity contribution in [2.45, 2.75) is 37.8 Å². The van der Waals surface area contributed by atoms with Gasteiger partial charge in [-0.3, -0.25) is 4.79 Å². The summed E-state index contributed by atoms with van der Waals surface area (Å²) >= 11 is 0. The molecule has 2 rings (SSSR count). The number of nitrogens with two attached hydrogens (primary N) is 2. The monoisotopic (exact) mass is 233 g/mol. The fraction of sp³-hybridized carbons (Fsp3) is 0.462. The van der Waals surface area contributed by atoms with Crippen molar-refractivity contribution in [3.63, 3.8) is 0 Å². The van der Waals surface area contributed by atoms with Crippen molar-refractivity contribution >= 4 is 11.6 Å². The minimum absolute atomic E-state index is 0.299. The van der Waals surface area contributed by atoms with Crippen LogP contribution in [0.25, 0.3) is 0 Å². The third-order valence-electron chi connectivity index (χ3n) is 3.18. The van der Waals surface area contributed by atoms with Crippen molar-refractivity contribution in [2.75, 3.05) is 5.32 Å². The number of hydrogen-bond acceptors (Lipinski definition) is 3. The molecule has 1 aromatic carbocycles. The van der Waals surface area contributed by atoms with Gasteiger partial charge in [0.15, 0.2) is 0 Å². The molecule has 0 spiro atoms. The quantitative estimate of drug-likeness (QED) is 0.726. The van der Waals surface area contributed by atoms with Crippen LogP contribution in [-0.4, -0.2) is 18.0 Å². The number of nitrogens with one attached hydrogen (secondary N) is 1. The van der Waals surface area contributed by atoms with E-state index in [4.69, 9.17) is 11.5 Å². The van der Waals surface area contributed by atoms with Crippen LogP contribution < -0.4 is 16.8 Å². The van der Waals surface area contributed by atoms with Gasteiger partial charge < -0.3 is 16.8 Å². The van der Waals surface area contributed by atoms with E-state index in [1.54, 1.807) is 0 Å². The highest BCUT2D eigenvalue weighted by atomic mass is 16.1. The van der Waals surface area contributed by atoms with Gasteiger partial charge in [0, 0.05) is 17.8 Å². The number of benzene rings is 1. The van der Waals surface area contributed by atoms with Crippen LogP contribution in [0.15, 0.2) is 24.3 Å². The molecule has 0 heterocycles. The molecule has 2 atom stereocenters. The lowest BCUT2D eigenvalue weighted by Crippen LogP contribution is -2.20. The molecule has 1 saturated carbocycles. The summed E-state index contributed by atoms with van der Waals surface area (Å²) in [4.78, 5) is 10.8. The molecule has 2 unspecified atom stereocenters. The second-order valence-electron chi connectivity index (χ2n) is 4.75. The molecule has 1 aliphatic rings. The van der Waals surface area contributed by atoms with Crippen LogP contribution in [0.2, 0.25) is 0 Å². The number of amides is 1. The van der Waals surface area contributed by atoms with Crippen molar-refractivity contribution in [2.24, 2.45) is 11.5 Å². The summed E-state index contributed by atoms with van der Waals surface area (Å²) in [5.41, 5.74) is 13.0. The van der Waals surface area contributed by atoms with Crippen molar-refractivity contribution in [1.29, 1.82) is 0 Å². The third-order valence-corrected chi connectivity index (χ3v) is 3.18. The zero-order chi connectivity index (χ0) is 12.3. The molecule has 92 valence electrons. The Morgan fingerprint density at radius 1 is 1.29 bits per heavy atom. The first-order chi connectivity index (χ1) is 8.13. The van der Waals surface area contributed by atoms with Gasteiger partial charge in [-0.2, -0.15) is 0 Å². The van der Waals surface area contributed by atoms with Gasteiger partial charge >= 0.3 is 0 Å². The van der Waals surface area contributed by atoms with Crippen molar-refractivity contribution in [3.8, 4) is 0 Å². The van der Waals surface area contributed by atoms with Gasteiger partial charge in [-0.05, 0) is 37.0 Å². The molecular formula is C13H19N3O. The molecule has 0 aliphatic heterocycles. The van der Waals surface area contributed by atoms with E-state index in [1.165, 1.54) is 0 Å². The summed E-state index contributed by atoms with van der Waals surface area (Å²) in [7, 11) is 0. The van der Waals surface area contributed by atoms with Crippen LogP contribution >= 0.6 is 0 Å². The minimum Gasteiger partial charge on any atom is -0.382 e. The maximum atomic E-state index is 10.8. The fourth-order valence-electron chi connectivity index (χ4n) is 2.30. The zero-order valence-corrected chi connectivity index (χ0v) is 9.86. The first-order valence-electron chi connectivity index (χ1n) is 6.03. The molecule has 17 heavy (non-hydrogen) atoms. The number of carbonyl (C=O) groups excluding carboxylic acids is 1. The van der Waals surface area contributed by atoms with Gasteiger partial charge in [0.05, 0.1) is 6.42 Å². The van der Waals surface area contributed by atoms with E-state index in [1.807, 2.05) is 24.3 Å². The molecule has 1 aliphatic carbocycles. The highest BCUT2D eigenvalue weighted by Gasteiger charge is 2.21. The minimum atomic E-state index is -0.299. The SMILES string of the molecule is NC(=O)Cc1ccc(NC2CCC(N)C2)cc1. The van der Waals surface area contributed by atoms with E-state index < -0.39 is 0 Å². The summed E-state index contributed by atoms with van der Waals surface area (Å²) in [6.45, 7) is 0. The Bertz CT molecular complexity index is 388. The number of anilines is 1. The Morgan fingerprint density at radius 3 is 2.53 bits per heavy atom. The third kappa shape index (κ3) is 3.46. The number of hydrogen-bond donors (Lipinski definition) is 3. The molecule has 5 N–H and O–H groups in total. The molecule has 0 radical (unpaired) electrons. The lowest BCUT2D eigenvalue weighted by molar-refractivity contribution is -0.117. The average molecular weight is 233 g/mol. The predicted molar refractivity (Wildman–Crippen MR) is 68.6 cm³/mol. The van der Waals surface area contributed by atoms with Crippen molar-refractivity contribution in [3.05, 3.63) is 29.8 Å². The Hall–Kier alpha value is -1.55. The van der Waals surface area contributed by atoms with Gasteiger partial charge in [0.2, 0.25) is 5.91 Å². The summed E-state index contributed by atoms with van der Waals surface area (Å²) in [6.07, 6.45) is 3.55. The summed E-state index contributed by atoms with van der Waals surface area (Å²) in [5.74, 6) is -0.299. The Morgan fingerprint density at radius 2 is 2.00 bits per heavy atom. The Balaban J connectivity index is 1.91. The van der Waals surface area contributed by atoms with Crippen LogP contribution in [0, 0.1) is 0 Å². The predicted octanol–water partition coefficient (Wildman–Crippen LogP) is 1.01. The summed E-state index contributed by atoms with van der Waals surface area (Å²) < 4.78 is 0. The second-order valence-corrected chi connectivity index (χ2v) is 4.75. The van der Waals surface area contributed by atoms with Gasteiger partial charge in [0.25, 0.3) is 0 Å². The van der Waals surface area contributed by atoms with E-state index in [0.29, 0.717) is 18.5 Å². The molecule has 1 aromatic rings. The van der Waals surface area contributed by atoms with E-state index >= 15 is 0 Å². The molecule has 1 fully saturated rings. The van der Waals surface area contributed by atoms with Crippen LogP contribution in [0.1, 0.15) is 24.8 Å². The standard InChI is InChI=1S/C13H19N3O/c14-10-3-6-12(8-10)16-11-4-1-9(2-5-11)7-13(15)17/h1-2,4-5,10,12,16H,3,6-8,14H2,(H2,15,17). The van der Waals surface area contributed by atoms with E-state index in [2.05, 4.69) is 5.32 Å². The first-order valence-corrected chi connectivity index (χ1v) is 6.03. The van der Waals surface area contributed by atoms with Crippen LogP contribution in [-0.2, 0) is 11.2 Å². The highest BCUT2D eigenvalue weighted by Crippen LogP contribution is 2.21. The smallest absolute Gasteiger partial charge is 0.221 e. The van der Waals surface area contributed by atoms with E-state index in [9.17, 15) is 4.79 Å². The van der Waals surface area contributed by atoms with Gasteiger partial charge in [-0.1, -0.05) is 12.1 Å². The van der Waals surface area contributed by atoms with Crippen LogP contribution in [0.5, 0.6) is 0 Å². The summed E-state index contributed by atoms with van der Waals surface area (Å²) in [6, 6.07) is 8.65. The molecule has 0 aromatic heterocycles. The normalized spacial score (nSPS) is 23.6. The van der Waals surface area contributed by atoms with Crippen LogP contribution in [0.3, 0.4) is 0 Å². The van der Waals surface area contributed by atoms with Gasteiger partial charge in [0.1, 0.15) is 0 Å². The van der Waals surface area contributed by atoms with Gasteiger partial charge in [-0.15, -0.1) is 0 Å². The highest BCUT2D eigenvalue weighted by molar-refractivity contribution is 5.76. The summed E-state index contributed by atoms with van der Waals surface area (Å²) in [5, 5.41) is 3.46. The number of carbonyl (C=O) groups is 1. The fourth-order valence-corrected chi connectivity index (χ4v) is 2.30. The zero-order valence-electron chi connectivity index (χ0n) is 9.86. The van der Waals surface area contributed by atoms with Gasteiger partial charge in [-0.25, -0.2) is 0 Å². The molecule has 0 saturated heterocycles. The maximum absolute atomic E-state index is 10.8. The lowest BCUT2D eigenvalue weighted by atomic mass is 10.1.